The summed E-state index contributed by atoms with van der Waals surface area (Å²) in [6.45, 7) is 0.889. The number of esters is 1. The zero-order valence-corrected chi connectivity index (χ0v) is 12.9. The lowest BCUT2D eigenvalue weighted by atomic mass is 10.0. The SMILES string of the molecule is CC1=C(C(=O)OCCc2ccsc2F)C(CF)NC(=S)N1. The molecule has 0 saturated heterocycles. The highest BCUT2D eigenvalue weighted by Gasteiger charge is 2.29. The summed E-state index contributed by atoms with van der Waals surface area (Å²) in [4.78, 5) is 12.0. The van der Waals surface area contributed by atoms with Crippen molar-refractivity contribution in [2.75, 3.05) is 13.3 Å². The molecule has 0 spiro atoms. The average Bonchev–Trinajstić information content (AvgIpc) is 2.83. The Morgan fingerprint density at radius 3 is 2.95 bits per heavy atom. The molecule has 4 nitrogen and oxygen atoms in total. The Bertz CT molecular complexity index is 586. The molecule has 0 fully saturated rings. The lowest BCUT2D eigenvalue weighted by Gasteiger charge is -2.27. The molecule has 2 heterocycles. The van der Waals surface area contributed by atoms with E-state index in [1.165, 1.54) is 0 Å². The minimum Gasteiger partial charge on any atom is -0.462 e. The van der Waals surface area contributed by atoms with Crippen molar-refractivity contribution in [1.82, 2.24) is 10.6 Å². The monoisotopic (exact) mass is 332 g/mol. The van der Waals surface area contributed by atoms with Crippen LogP contribution in [0.1, 0.15) is 12.5 Å². The van der Waals surface area contributed by atoms with Gasteiger partial charge in [0.25, 0.3) is 0 Å². The lowest BCUT2D eigenvalue weighted by Crippen LogP contribution is -2.50. The van der Waals surface area contributed by atoms with Gasteiger partial charge >= 0.3 is 5.97 Å². The molecule has 0 bridgehead atoms. The third kappa shape index (κ3) is 3.76. The molecule has 1 unspecified atom stereocenters. The molecule has 1 aliphatic heterocycles. The fourth-order valence-corrected chi connectivity index (χ4v) is 2.98. The van der Waals surface area contributed by atoms with Gasteiger partial charge in [0, 0.05) is 17.7 Å². The van der Waals surface area contributed by atoms with Gasteiger partial charge in [-0.25, -0.2) is 9.18 Å². The first kappa shape index (κ1) is 15.8. The highest BCUT2D eigenvalue weighted by Crippen LogP contribution is 2.17. The predicted molar refractivity (Wildman–Crippen MR) is 80.3 cm³/mol. The van der Waals surface area contributed by atoms with Crippen LogP contribution in [0.3, 0.4) is 0 Å². The van der Waals surface area contributed by atoms with Crippen molar-refractivity contribution in [2.45, 2.75) is 19.4 Å². The van der Waals surface area contributed by atoms with Crippen LogP contribution in [-0.4, -0.2) is 30.4 Å². The van der Waals surface area contributed by atoms with E-state index in [1.54, 1.807) is 18.4 Å². The molecule has 0 aromatic carbocycles. The second-order valence-corrected chi connectivity index (χ2v) is 5.72. The number of hydrogen-bond donors (Lipinski definition) is 2. The molecular formula is C13H14F2N2O2S2. The number of allylic oxidation sites excluding steroid dienone is 1. The number of alkyl halides is 1. The molecule has 21 heavy (non-hydrogen) atoms. The van der Waals surface area contributed by atoms with Crippen LogP contribution in [0.4, 0.5) is 8.78 Å². The van der Waals surface area contributed by atoms with Crippen LogP contribution in [0.2, 0.25) is 0 Å². The molecule has 0 amide bonds. The number of ether oxygens (including phenoxy) is 1. The van der Waals surface area contributed by atoms with Gasteiger partial charge < -0.3 is 15.4 Å². The Kier molecular flexibility index (Phi) is 5.24. The van der Waals surface area contributed by atoms with Gasteiger partial charge in [0.2, 0.25) is 0 Å². The number of thiocarbonyl (C=S) groups is 1. The molecule has 0 saturated carbocycles. The van der Waals surface area contributed by atoms with Crippen LogP contribution in [0, 0.1) is 5.13 Å². The summed E-state index contributed by atoms with van der Waals surface area (Å²) >= 11 is 5.90. The van der Waals surface area contributed by atoms with Crippen molar-refractivity contribution in [2.24, 2.45) is 0 Å². The normalized spacial score (nSPS) is 18.2. The number of carbonyl (C=O) groups excluding carboxylic acids is 1. The summed E-state index contributed by atoms with van der Waals surface area (Å²) in [6.07, 6.45) is 0.285. The predicted octanol–water partition coefficient (Wildman–Crippen LogP) is 2.06. The van der Waals surface area contributed by atoms with E-state index in [9.17, 15) is 13.6 Å². The van der Waals surface area contributed by atoms with Gasteiger partial charge in [0.1, 0.15) is 6.67 Å². The summed E-state index contributed by atoms with van der Waals surface area (Å²) < 4.78 is 31.3. The van der Waals surface area contributed by atoms with E-state index in [1.807, 2.05) is 0 Å². The fourth-order valence-electron chi connectivity index (χ4n) is 2.01. The van der Waals surface area contributed by atoms with Gasteiger partial charge in [-0.3, -0.25) is 0 Å². The van der Waals surface area contributed by atoms with Gasteiger partial charge in [-0.1, -0.05) is 0 Å². The quantitative estimate of drug-likeness (QED) is 0.639. The zero-order chi connectivity index (χ0) is 15.4. The second kappa shape index (κ2) is 6.95. The van der Waals surface area contributed by atoms with E-state index in [-0.39, 0.29) is 28.8 Å². The second-order valence-electron chi connectivity index (χ2n) is 4.45. The molecule has 1 aliphatic rings. The molecule has 8 heteroatoms. The highest BCUT2D eigenvalue weighted by molar-refractivity contribution is 7.80. The van der Waals surface area contributed by atoms with Crippen LogP contribution in [0.5, 0.6) is 0 Å². The summed E-state index contributed by atoms with van der Waals surface area (Å²) in [6, 6.07) is 0.828. The number of rotatable bonds is 5. The van der Waals surface area contributed by atoms with Gasteiger partial charge in [-0.2, -0.15) is 4.39 Å². The summed E-state index contributed by atoms with van der Waals surface area (Å²) in [5.41, 5.74) is 1.15. The maximum atomic E-state index is 13.2. The largest absolute Gasteiger partial charge is 0.462 e. The van der Waals surface area contributed by atoms with Crippen LogP contribution < -0.4 is 10.6 Å². The van der Waals surface area contributed by atoms with Crippen molar-refractivity contribution in [3.05, 3.63) is 33.4 Å². The number of thiophene rings is 1. The fraction of sp³-hybridized carbons (Fsp3) is 0.385. The van der Waals surface area contributed by atoms with Crippen LogP contribution in [-0.2, 0) is 16.0 Å². The number of hydrogen-bond acceptors (Lipinski definition) is 4. The van der Waals surface area contributed by atoms with Gasteiger partial charge in [-0.15, -0.1) is 11.3 Å². The van der Waals surface area contributed by atoms with Crippen LogP contribution >= 0.6 is 23.6 Å². The average molecular weight is 332 g/mol. The summed E-state index contributed by atoms with van der Waals surface area (Å²) in [5.74, 6) is -0.631. The molecule has 114 valence electrons. The number of nitrogens with one attached hydrogen (secondary N) is 2. The smallest absolute Gasteiger partial charge is 0.337 e. The minimum atomic E-state index is -0.816. The lowest BCUT2D eigenvalue weighted by molar-refractivity contribution is -0.139. The Morgan fingerprint density at radius 2 is 2.33 bits per heavy atom. The van der Waals surface area contributed by atoms with E-state index in [4.69, 9.17) is 17.0 Å². The van der Waals surface area contributed by atoms with Crippen molar-refractivity contribution in [3.8, 4) is 0 Å². The Labute approximate surface area is 130 Å². The molecule has 2 rings (SSSR count). The highest BCUT2D eigenvalue weighted by atomic mass is 32.1. The first-order valence-corrected chi connectivity index (χ1v) is 7.55. The zero-order valence-electron chi connectivity index (χ0n) is 11.2. The van der Waals surface area contributed by atoms with Gasteiger partial charge in [0.15, 0.2) is 10.2 Å². The summed E-state index contributed by atoms with van der Waals surface area (Å²) in [5, 5.41) is 7.05. The molecular weight excluding hydrogens is 318 g/mol. The number of halogens is 2. The van der Waals surface area contributed by atoms with E-state index in [0.717, 1.165) is 11.3 Å². The van der Waals surface area contributed by atoms with Gasteiger partial charge in [0.05, 0.1) is 18.2 Å². The molecule has 0 aliphatic carbocycles. The molecule has 1 atom stereocenters. The number of carbonyl (C=O) groups is 1. The Hall–Kier alpha value is -1.54. The van der Waals surface area contributed by atoms with Crippen molar-refractivity contribution >= 4 is 34.6 Å². The standard InChI is InChI=1S/C13H14F2N2O2S2/c1-7-10(9(6-14)17-13(20)16-7)12(18)19-4-2-8-3-5-21-11(8)15/h3,5,9H,2,4,6H2,1H3,(H2,16,17,20). The maximum absolute atomic E-state index is 13.2. The molecule has 1 aromatic heterocycles. The third-order valence-corrected chi connectivity index (χ3v) is 3.99. The van der Waals surface area contributed by atoms with Crippen LogP contribution in [0.15, 0.2) is 22.7 Å². The third-order valence-electron chi connectivity index (χ3n) is 3.03. The van der Waals surface area contributed by atoms with E-state index in [2.05, 4.69) is 10.6 Å². The Morgan fingerprint density at radius 1 is 1.57 bits per heavy atom. The topological polar surface area (TPSA) is 50.4 Å². The van der Waals surface area contributed by atoms with E-state index >= 15 is 0 Å². The van der Waals surface area contributed by atoms with E-state index in [0.29, 0.717) is 11.3 Å². The van der Waals surface area contributed by atoms with Crippen molar-refractivity contribution < 1.29 is 18.3 Å². The van der Waals surface area contributed by atoms with Crippen LogP contribution in [0.25, 0.3) is 0 Å². The van der Waals surface area contributed by atoms with Crippen molar-refractivity contribution in [1.29, 1.82) is 0 Å². The first-order valence-electron chi connectivity index (χ1n) is 6.26. The molecule has 2 N–H and O–H groups in total. The maximum Gasteiger partial charge on any atom is 0.337 e. The van der Waals surface area contributed by atoms with E-state index < -0.39 is 18.7 Å². The molecule has 0 radical (unpaired) electrons. The molecule has 1 aromatic rings. The summed E-state index contributed by atoms with van der Waals surface area (Å²) in [7, 11) is 0. The van der Waals surface area contributed by atoms with Crippen molar-refractivity contribution in [3.63, 3.8) is 0 Å². The minimum absolute atomic E-state index is 0.0344. The first-order chi connectivity index (χ1) is 10.0. The Balaban J connectivity index is 1.97. The van der Waals surface area contributed by atoms with Gasteiger partial charge in [-0.05, 0) is 30.6 Å².